The van der Waals surface area contributed by atoms with Gasteiger partial charge in [-0.05, 0) is 19.9 Å². The van der Waals surface area contributed by atoms with E-state index in [-0.39, 0.29) is 5.58 Å². The molecule has 144 valence electrons. The van der Waals surface area contributed by atoms with Crippen LogP contribution >= 0.6 is 0 Å². The number of ether oxygens (including phenoxy) is 4. The molecule has 0 bridgehead atoms. The van der Waals surface area contributed by atoms with E-state index in [9.17, 15) is 14.4 Å². The van der Waals surface area contributed by atoms with Crippen LogP contribution in [0.4, 0.5) is 0 Å². The zero-order valence-electron chi connectivity index (χ0n) is 15.7. The van der Waals surface area contributed by atoms with Gasteiger partial charge in [0.25, 0.3) is 0 Å². The SMILES string of the molecule is COc1cc2c(c3oc(=O)ccc13)[C@@H](OC(C)=O)[C@@H](OC(C)=O)C(C)(C)O2. The van der Waals surface area contributed by atoms with Crippen molar-refractivity contribution in [1.29, 1.82) is 0 Å². The van der Waals surface area contributed by atoms with E-state index in [2.05, 4.69) is 0 Å². The van der Waals surface area contributed by atoms with Gasteiger partial charge in [-0.2, -0.15) is 0 Å². The molecule has 8 nitrogen and oxygen atoms in total. The summed E-state index contributed by atoms with van der Waals surface area (Å²) in [6.45, 7) is 5.91. The molecule has 0 radical (unpaired) electrons. The topological polar surface area (TPSA) is 101 Å². The molecule has 3 rings (SSSR count). The number of carbonyl (C=O) groups excluding carboxylic acids is 2. The van der Waals surface area contributed by atoms with Gasteiger partial charge in [0.1, 0.15) is 17.1 Å². The number of carbonyl (C=O) groups is 2. The Morgan fingerprint density at radius 2 is 1.78 bits per heavy atom. The van der Waals surface area contributed by atoms with Gasteiger partial charge in [0.15, 0.2) is 17.8 Å². The molecule has 0 saturated heterocycles. The summed E-state index contributed by atoms with van der Waals surface area (Å²) in [5.74, 6) is -0.399. The number of benzene rings is 1. The molecule has 2 atom stereocenters. The first kappa shape index (κ1) is 18.8. The van der Waals surface area contributed by atoms with E-state index in [0.717, 1.165) is 0 Å². The molecule has 0 aliphatic carbocycles. The van der Waals surface area contributed by atoms with Crippen molar-refractivity contribution >= 4 is 22.9 Å². The molecule has 0 saturated carbocycles. The molecule has 0 fully saturated rings. The molecule has 1 aliphatic heterocycles. The van der Waals surface area contributed by atoms with E-state index in [1.807, 2.05) is 0 Å². The molecule has 0 amide bonds. The second-order valence-electron chi connectivity index (χ2n) is 6.75. The highest BCUT2D eigenvalue weighted by molar-refractivity contribution is 5.89. The Hall–Kier alpha value is -3.03. The van der Waals surface area contributed by atoms with Crippen LogP contribution in [0.1, 0.15) is 39.4 Å². The van der Waals surface area contributed by atoms with Crippen LogP contribution in [-0.2, 0) is 19.1 Å². The summed E-state index contributed by atoms with van der Waals surface area (Å²) in [5, 5.41) is 0.498. The third kappa shape index (κ3) is 3.34. The number of hydrogen-bond acceptors (Lipinski definition) is 8. The highest BCUT2D eigenvalue weighted by Crippen LogP contribution is 2.48. The smallest absolute Gasteiger partial charge is 0.336 e. The van der Waals surface area contributed by atoms with Gasteiger partial charge in [-0.1, -0.05) is 0 Å². The monoisotopic (exact) mass is 376 g/mol. The summed E-state index contributed by atoms with van der Waals surface area (Å²) in [6.07, 6.45) is -1.97. The average molecular weight is 376 g/mol. The molecule has 0 spiro atoms. The van der Waals surface area contributed by atoms with Crippen molar-refractivity contribution in [1.82, 2.24) is 0 Å². The normalized spacial score (nSPS) is 20.3. The Kier molecular flexibility index (Phi) is 4.59. The highest BCUT2D eigenvalue weighted by atomic mass is 16.6. The van der Waals surface area contributed by atoms with Gasteiger partial charge < -0.3 is 23.4 Å². The summed E-state index contributed by atoms with van der Waals surface area (Å²) in [5.41, 5.74) is -1.15. The Balaban J connectivity index is 2.35. The Bertz CT molecular complexity index is 972. The highest BCUT2D eigenvalue weighted by Gasteiger charge is 2.50. The number of hydrogen-bond donors (Lipinski definition) is 0. The van der Waals surface area contributed by atoms with Crippen LogP contribution in [0, 0.1) is 0 Å². The van der Waals surface area contributed by atoms with E-state index in [4.69, 9.17) is 23.4 Å². The first-order valence-corrected chi connectivity index (χ1v) is 8.32. The predicted molar refractivity (Wildman–Crippen MR) is 93.8 cm³/mol. The Morgan fingerprint density at radius 3 is 2.37 bits per heavy atom. The fourth-order valence-electron chi connectivity index (χ4n) is 3.26. The van der Waals surface area contributed by atoms with E-state index in [1.54, 1.807) is 26.0 Å². The van der Waals surface area contributed by atoms with Crippen molar-refractivity contribution in [3.8, 4) is 11.5 Å². The Morgan fingerprint density at radius 1 is 1.11 bits per heavy atom. The van der Waals surface area contributed by atoms with E-state index in [1.165, 1.54) is 27.0 Å². The number of fused-ring (bicyclic) bond motifs is 3. The van der Waals surface area contributed by atoms with Gasteiger partial charge in [-0.3, -0.25) is 9.59 Å². The summed E-state index contributed by atoms with van der Waals surface area (Å²) >= 11 is 0. The molecule has 1 aromatic carbocycles. The lowest BCUT2D eigenvalue weighted by Gasteiger charge is -2.43. The average Bonchev–Trinajstić information content (AvgIpc) is 2.55. The molecular weight excluding hydrogens is 356 g/mol. The first-order chi connectivity index (χ1) is 12.6. The molecule has 1 aromatic heterocycles. The zero-order chi connectivity index (χ0) is 19.9. The molecular formula is C19H20O8. The molecule has 0 N–H and O–H groups in total. The number of rotatable bonds is 3. The molecule has 8 heteroatoms. The summed E-state index contributed by atoms with van der Waals surface area (Å²) in [6, 6.07) is 4.43. The molecule has 1 aliphatic rings. The van der Waals surface area contributed by atoms with Crippen LogP contribution in [0.2, 0.25) is 0 Å². The minimum atomic E-state index is -1.02. The lowest BCUT2D eigenvalue weighted by atomic mass is 9.87. The van der Waals surface area contributed by atoms with Crippen LogP contribution in [0.25, 0.3) is 11.0 Å². The van der Waals surface area contributed by atoms with Crippen molar-refractivity contribution in [2.75, 3.05) is 7.11 Å². The summed E-state index contributed by atoms with van der Waals surface area (Å²) < 4.78 is 27.7. The Labute approximate surface area is 155 Å². The van der Waals surface area contributed by atoms with Gasteiger partial charge in [0, 0.05) is 26.0 Å². The fraction of sp³-hybridized carbons (Fsp3) is 0.421. The predicted octanol–water partition coefficient (Wildman–Crippen LogP) is 2.51. The van der Waals surface area contributed by atoms with Crippen molar-refractivity contribution in [3.63, 3.8) is 0 Å². The van der Waals surface area contributed by atoms with Gasteiger partial charge in [0.2, 0.25) is 0 Å². The largest absolute Gasteiger partial charge is 0.496 e. The number of methoxy groups -OCH3 is 1. The second-order valence-corrected chi connectivity index (χ2v) is 6.75. The van der Waals surface area contributed by atoms with Crippen molar-refractivity contribution in [2.24, 2.45) is 0 Å². The van der Waals surface area contributed by atoms with Gasteiger partial charge in [-0.25, -0.2) is 4.79 Å². The minimum absolute atomic E-state index is 0.149. The third-order valence-electron chi connectivity index (χ3n) is 4.29. The minimum Gasteiger partial charge on any atom is -0.496 e. The maximum Gasteiger partial charge on any atom is 0.336 e. The van der Waals surface area contributed by atoms with Crippen molar-refractivity contribution in [2.45, 2.75) is 45.5 Å². The van der Waals surface area contributed by atoms with Gasteiger partial charge in [-0.15, -0.1) is 0 Å². The van der Waals surface area contributed by atoms with Crippen LogP contribution in [0.3, 0.4) is 0 Å². The fourth-order valence-corrected chi connectivity index (χ4v) is 3.26. The van der Waals surface area contributed by atoms with E-state index in [0.29, 0.717) is 22.4 Å². The maximum atomic E-state index is 11.8. The van der Waals surface area contributed by atoms with E-state index >= 15 is 0 Å². The maximum absolute atomic E-state index is 11.8. The quantitative estimate of drug-likeness (QED) is 0.595. The van der Waals surface area contributed by atoms with Gasteiger partial charge >= 0.3 is 17.6 Å². The van der Waals surface area contributed by atoms with Crippen LogP contribution in [0.15, 0.2) is 27.4 Å². The van der Waals surface area contributed by atoms with Gasteiger partial charge in [0.05, 0.1) is 18.1 Å². The van der Waals surface area contributed by atoms with Crippen molar-refractivity contribution in [3.05, 3.63) is 34.2 Å². The molecule has 2 heterocycles. The summed E-state index contributed by atoms with van der Waals surface area (Å²) in [7, 11) is 1.48. The van der Waals surface area contributed by atoms with Crippen molar-refractivity contribution < 1.29 is 33.0 Å². The summed E-state index contributed by atoms with van der Waals surface area (Å²) in [4.78, 5) is 35.3. The van der Waals surface area contributed by atoms with Crippen LogP contribution < -0.4 is 15.1 Å². The number of esters is 2. The van der Waals surface area contributed by atoms with E-state index < -0.39 is 35.4 Å². The third-order valence-corrected chi connectivity index (χ3v) is 4.29. The lowest BCUT2D eigenvalue weighted by molar-refractivity contribution is -0.187. The molecule has 27 heavy (non-hydrogen) atoms. The molecule has 2 aromatic rings. The zero-order valence-corrected chi connectivity index (χ0v) is 15.7. The first-order valence-electron chi connectivity index (χ1n) is 8.32. The second kappa shape index (κ2) is 6.61. The van der Waals surface area contributed by atoms with Crippen LogP contribution in [0.5, 0.6) is 11.5 Å². The van der Waals surface area contributed by atoms with Crippen LogP contribution in [-0.4, -0.2) is 30.8 Å². The standard InChI is InChI=1S/C19H20O8/c1-9(20)24-17-15-13(27-19(3,4)18(17)25-10(2)21)8-12(23-5)11-6-7-14(22)26-16(11)15/h6-8,17-18H,1-5H3/t17-,18-/m1/s1. The lowest BCUT2D eigenvalue weighted by Crippen LogP contribution is -2.52. The molecule has 0 unspecified atom stereocenters.